The number of phenolic OH excluding ortho intramolecular Hbond substituents is 1. The van der Waals surface area contributed by atoms with E-state index in [0.29, 0.717) is 17.5 Å². The first-order valence-corrected chi connectivity index (χ1v) is 12.7. The highest BCUT2D eigenvalue weighted by Gasteiger charge is 2.37. The lowest BCUT2D eigenvalue weighted by molar-refractivity contribution is -0.145. The molecular weight excluding hydrogens is 478 g/mol. The van der Waals surface area contributed by atoms with Crippen LogP contribution in [0.15, 0.2) is 18.2 Å². The van der Waals surface area contributed by atoms with Gasteiger partial charge in [-0.3, -0.25) is 14.4 Å². The number of hydrogen-bond acceptors (Lipinski definition) is 7. The molecule has 2 unspecified atom stereocenters. The molecule has 10 heteroatoms. The van der Waals surface area contributed by atoms with Gasteiger partial charge < -0.3 is 30.1 Å². The first-order valence-electron chi connectivity index (χ1n) is 12.7. The van der Waals surface area contributed by atoms with Gasteiger partial charge in [-0.2, -0.15) is 0 Å². The standard InChI is InChI=1S/C27H43N3O7/c1-9-10-11-14-30(25(34)22(17(2)3)29-26(35)37-27(5,6)7)23(24(33)28-16-21(32)36-8)19-12-13-20(31)18(4)15-19/h12-13,15,17,22-23,31H,9-11,14,16H2,1-8H3,(H,28,33)(H,29,35). The Kier molecular flexibility index (Phi) is 12.4. The third-order valence-electron chi connectivity index (χ3n) is 5.62. The normalized spacial score (nSPS) is 12.9. The Morgan fingerprint density at radius 1 is 1.11 bits per heavy atom. The van der Waals surface area contributed by atoms with Gasteiger partial charge in [0.05, 0.1) is 7.11 Å². The van der Waals surface area contributed by atoms with Gasteiger partial charge in [-0.25, -0.2) is 4.79 Å². The molecule has 1 rings (SSSR count). The van der Waals surface area contributed by atoms with Crippen molar-refractivity contribution in [2.24, 2.45) is 5.92 Å². The minimum atomic E-state index is -1.12. The van der Waals surface area contributed by atoms with Gasteiger partial charge in [0.15, 0.2) is 0 Å². The number of nitrogens with zero attached hydrogens (tertiary/aromatic N) is 1. The van der Waals surface area contributed by atoms with E-state index >= 15 is 0 Å². The van der Waals surface area contributed by atoms with Crippen LogP contribution in [0, 0.1) is 12.8 Å². The fourth-order valence-corrected chi connectivity index (χ4v) is 3.68. The van der Waals surface area contributed by atoms with Gasteiger partial charge in [0.2, 0.25) is 11.8 Å². The number of phenols is 1. The maximum atomic E-state index is 14.0. The van der Waals surface area contributed by atoms with Gasteiger partial charge in [0.25, 0.3) is 0 Å². The number of rotatable bonds is 12. The Morgan fingerprint density at radius 2 is 1.76 bits per heavy atom. The molecule has 0 saturated carbocycles. The first-order chi connectivity index (χ1) is 17.2. The molecule has 37 heavy (non-hydrogen) atoms. The van der Waals surface area contributed by atoms with Crippen LogP contribution in [0.25, 0.3) is 0 Å². The SMILES string of the molecule is CCCCCN(C(=O)C(NC(=O)OC(C)(C)C)C(C)C)C(C(=O)NCC(=O)OC)c1ccc(O)c(C)c1. The van der Waals surface area contributed by atoms with Crippen LogP contribution in [-0.4, -0.2) is 65.7 Å². The molecule has 0 radical (unpaired) electrons. The van der Waals surface area contributed by atoms with E-state index < -0.39 is 41.6 Å². The van der Waals surface area contributed by atoms with Crippen molar-refractivity contribution >= 4 is 23.9 Å². The largest absolute Gasteiger partial charge is 0.508 e. The minimum absolute atomic E-state index is 0.0491. The summed E-state index contributed by atoms with van der Waals surface area (Å²) in [4.78, 5) is 53.1. The lowest BCUT2D eigenvalue weighted by Crippen LogP contribution is -2.55. The number of nitrogens with one attached hydrogen (secondary N) is 2. The number of unbranched alkanes of at least 4 members (excludes halogenated alkanes) is 2. The van der Waals surface area contributed by atoms with Gasteiger partial charge in [-0.05, 0) is 63.3 Å². The van der Waals surface area contributed by atoms with Crippen LogP contribution >= 0.6 is 0 Å². The third kappa shape index (κ3) is 10.3. The van der Waals surface area contributed by atoms with E-state index in [1.54, 1.807) is 53.7 Å². The smallest absolute Gasteiger partial charge is 0.408 e. The third-order valence-corrected chi connectivity index (χ3v) is 5.62. The van der Waals surface area contributed by atoms with Crippen molar-refractivity contribution in [3.05, 3.63) is 29.3 Å². The number of amides is 3. The van der Waals surface area contributed by atoms with E-state index in [0.717, 1.165) is 12.8 Å². The molecule has 0 aliphatic rings. The van der Waals surface area contributed by atoms with Gasteiger partial charge >= 0.3 is 12.1 Å². The predicted octanol–water partition coefficient (Wildman–Crippen LogP) is 3.60. The number of ether oxygens (including phenoxy) is 2. The zero-order chi connectivity index (χ0) is 28.3. The Morgan fingerprint density at radius 3 is 2.27 bits per heavy atom. The molecule has 2 atom stereocenters. The molecule has 3 N–H and O–H groups in total. The lowest BCUT2D eigenvalue weighted by Gasteiger charge is -2.35. The molecule has 10 nitrogen and oxygen atoms in total. The van der Waals surface area contributed by atoms with Crippen LogP contribution in [0.2, 0.25) is 0 Å². The van der Waals surface area contributed by atoms with Gasteiger partial charge in [0, 0.05) is 6.54 Å². The fourth-order valence-electron chi connectivity index (χ4n) is 3.68. The molecule has 0 aliphatic carbocycles. The molecule has 3 amide bonds. The summed E-state index contributed by atoms with van der Waals surface area (Å²) >= 11 is 0. The van der Waals surface area contributed by atoms with Gasteiger partial charge in [0.1, 0.15) is 30.0 Å². The quantitative estimate of drug-likeness (QED) is 0.283. The van der Waals surface area contributed by atoms with E-state index in [1.807, 2.05) is 6.92 Å². The summed E-state index contributed by atoms with van der Waals surface area (Å²) in [6, 6.07) is 2.57. The molecule has 0 heterocycles. The number of carbonyl (C=O) groups is 4. The van der Waals surface area contributed by atoms with Crippen molar-refractivity contribution < 1.29 is 33.8 Å². The second-order valence-corrected chi connectivity index (χ2v) is 10.3. The second kappa shape index (κ2) is 14.4. The van der Waals surface area contributed by atoms with Gasteiger partial charge in [-0.1, -0.05) is 39.7 Å². The van der Waals surface area contributed by atoms with E-state index in [4.69, 9.17) is 4.74 Å². The number of methoxy groups -OCH3 is 1. The van der Waals surface area contributed by atoms with Crippen LogP contribution in [0.5, 0.6) is 5.75 Å². The molecule has 0 fully saturated rings. The molecule has 208 valence electrons. The molecule has 0 bridgehead atoms. The summed E-state index contributed by atoms with van der Waals surface area (Å²) in [5, 5.41) is 15.3. The van der Waals surface area contributed by atoms with Crippen LogP contribution in [0.1, 0.15) is 78.0 Å². The predicted molar refractivity (Wildman–Crippen MR) is 140 cm³/mol. The van der Waals surface area contributed by atoms with Crippen LogP contribution in [0.3, 0.4) is 0 Å². The Bertz CT molecular complexity index is 940. The highest BCUT2D eigenvalue weighted by Crippen LogP contribution is 2.28. The van der Waals surface area contributed by atoms with E-state index in [-0.39, 0.29) is 24.8 Å². The van der Waals surface area contributed by atoms with Crippen molar-refractivity contribution in [3.63, 3.8) is 0 Å². The monoisotopic (exact) mass is 521 g/mol. The highest BCUT2D eigenvalue weighted by atomic mass is 16.6. The Labute approximate surface area is 220 Å². The number of esters is 1. The van der Waals surface area contributed by atoms with Crippen molar-refractivity contribution in [2.75, 3.05) is 20.2 Å². The molecule has 0 aliphatic heterocycles. The maximum absolute atomic E-state index is 14.0. The molecule has 1 aromatic carbocycles. The molecule has 0 aromatic heterocycles. The van der Waals surface area contributed by atoms with Crippen molar-refractivity contribution in [2.45, 2.75) is 85.4 Å². The summed E-state index contributed by atoms with van der Waals surface area (Å²) in [6.07, 6.45) is 1.60. The summed E-state index contributed by atoms with van der Waals surface area (Å²) < 4.78 is 10.00. The fraction of sp³-hybridized carbons (Fsp3) is 0.630. The van der Waals surface area contributed by atoms with Gasteiger partial charge in [-0.15, -0.1) is 0 Å². The highest BCUT2D eigenvalue weighted by molar-refractivity contribution is 5.93. The number of benzene rings is 1. The number of alkyl carbamates (subject to hydrolysis) is 1. The molecular formula is C27H43N3O7. The van der Waals surface area contributed by atoms with Crippen molar-refractivity contribution in [1.82, 2.24) is 15.5 Å². The summed E-state index contributed by atoms with van der Waals surface area (Å²) in [5.41, 5.74) is 0.230. The number of carbonyl (C=O) groups excluding carboxylic acids is 4. The lowest BCUT2D eigenvalue weighted by atomic mass is 9.97. The Hall–Kier alpha value is -3.30. The van der Waals surface area contributed by atoms with Crippen molar-refractivity contribution in [3.8, 4) is 5.75 Å². The van der Waals surface area contributed by atoms with Crippen LogP contribution in [-0.2, 0) is 23.9 Å². The maximum Gasteiger partial charge on any atom is 0.408 e. The summed E-state index contributed by atoms with van der Waals surface area (Å²) in [7, 11) is 1.21. The zero-order valence-corrected chi connectivity index (χ0v) is 23.3. The van der Waals surface area contributed by atoms with Crippen molar-refractivity contribution in [1.29, 1.82) is 0 Å². The zero-order valence-electron chi connectivity index (χ0n) is 23.3. The number of aryl methyl sites for hydroxylation is 1. The molecule has 0 spiro atoms. The summed E-state index contributed by atoms with van der Waals surface area (Å²) in [5.74, 6) is -1.94. The average Bonchev–Trinajstić information content (AvgIpc) is 2.80. The first kappa shape index (κ1) is 31.7. The number of hydrogen-bond donors (Lipinski definition) is 3. The van der Waals surface area contributed by atoms with Crippen LogP contribution < -0.4 is 10.6 Å². The van der Waals surface area contributed by atoms with E-state index in [9.17, 15) is 24.3 Å². The number of aromatic hydroxyl groups is 1. The average molecular weight is 522 g/mol. The summed E-state index contributed by atoms with van der Waals surface area (Å²) in [6.45, 7) is 12.3. The Balaban J connectivity index is 3.51. The van der Waals surface area contributed by atoms with E-state index in [1.165, 1.54) is 18.1 Å². The molecule has 1 aromatic rings. The van der Waals surface area contributed by atoms with Crippen LogP contribution in [0.4, 0.5) is 4.79 Å². The minimum Gasteiger partial charge on any atom is -0.508 e. The second-order valence-electron chi connectivity index (χ2n) is 10.3. The van der Waals surface area contributed by atoms with E-state index in [2.05, 4.69) is 15.4 Å². The molecule has 0 saturated heterocycles. The topological polar surface area (TPSA) is 134 Å².